The molecule has 0 saturated carbocycles. The molecule has 7 heteroatoms. The molecule has 0 aliphatic carbocycles. The normalized spacial score (nSPS) is 7.11. The first-order valence-corrected chi connectivity index (χ1v) is 3.10. The van der Waals surface area contributed by atoms with Gasteiger partial charge < -0.3 is 6.90 Å². The molecule has 0 amide bonds. The van der Waals surface area contributed by atoms with Gasteiger partial charge in [-0.25, -0.2) is 0 Å². The third-order valence-corrected chi connectivity index (χ3v) is 0. The van der Waals surface area contributed by atoms with Crippen molar-refractivity contribution in [3.05, 3.63) is 0 Å². The molecule has 9 heavy (non-hydrogen) atoms. The van der Waals surface area contributed by atoms with Crippen molar-refractivity contribution < 1.29 is 75.8 Å². The van der Waals surface area contributed by atoms with E-state index in [9.17, 15) is 0 Å². The summed E-state index contributed by atoms with van der Waals surface area (Å²) in [4.78, 5) is 0. The van der Waals surface area contributed by atoms with E-state index in [2.05, 4.69) is 0 Å². The second-order valence-corrected chi connectivity index (χ2v) is 1.34. The molecule has 0 aromatic heterocycles. The maximum absolute atomic E-state index is 8.74. The van der Waals surface area contributed by atoms with E-state index in [-0.39, 0.29) is 58.3 Å². The van der Waals surface area contributed by atoms with Gasteiger partial charge in [-0.15, -0.1) is 0 Å². The van der Waals surface area contributed by atoms with Gasteiger partial charge in [0.25, 0.3) is 0 Å². The standard InChI is InChI=1S/C2H6.K.H2O4S.H2O.H/c1-2;;1-5(2,3)4;;/h1-2H3;;(H2,1,2,3,4);1H2;/q;+1;;;-1. The number of hydrogen-bond donors (Lipinski definition) is 2. The van der Waals surface area contributed by atoms with Crippen LogP contribution in [0.3, 0.4) is 0 Å². The van der Waals surface area contributed by atoms with Crippen LogP contribution in [0.15, 0.2) is 0 Å². The van der Waals surface area contributed by atoms with Crippen LogP contribution in [0.25, 0.3) is 0 Å². The molecule has 56 valence electrons. The van der Waals surface area contributed by atoms with Crippen LogP contribution in [0.4, 0.5) is 0 Å². The molecule has 0 saturated heterocycles. The molecule has 0 aromatic carbocycles. The van der Waals surface area contributed by atoms with Gasteiger partial charge in [-0.05, 0) is 0 Å². The Labute approximate surface area is 98.6 Å². The minimum Gasteiger partial charge on any atom is -1.00 e. The fourth-order valence-corrected chi connectivity index (χ4v) is 0. The summed E-state index contributed by atoms with van der Waals surface area (Å²) >= 11 is 0. The van der Waals surface area contributed by atoms with Gasteiger partial charge in [0.1, 0.15) is 0 Å². The van der Waals surface area contributed by atoms with Crippen molar-refractivity contribution in [2.75, 3.05) is 0 Å². The van der Waals surface area contributed by atoms with Crippen LogP contribution in [-0.2, 0) is 10.4 Å². The zero-order valence-corrected chi connectivity index (χ0v) is 9.56. The smallest absolute Gasteiger partial charge is 1.00 e. The van der Waals surface area contributed by atoms with Crippen molar-refractivity contribution in [2.45, 2.75) is 13.8 Å². The van der Waals surface area contributed by atoms with E-state index in [1.54, 1.807) is 0 Å². The average Bonchev–Trinajstić information content (AvgIpc) is 1.36. The fraction of sp³-hybridized carbons (Fsp3) is 1.00. The van der Waals surface area contributed by atoms with Crippen LogP contribution in [0, 0.1) is 0 Å². The summed E-state index contributed by atoms with van der Waals surface area (Å²) in [6, 6.07) is 0. The van der Waals surface area contributed by atoms with Gasteiger partial charge in [-0.1, -0.05) is 13.8 Å². The van der Waals surface area contributed by atoms with Crippen LogP contribution in [0.5, 0.6) is 0 Å². The first kappa shape index (κ1) is 22.4. The van der Waals surface area contributed by atoms with Crippen molar-refractivity contribution in [1.29, 1.82) is 0 Å². The molecule has 0 bridgehead atoms. The Balaban J connectivity index is -0.0000000154. The van der Waals surface area contributed by atoms with Gasteiger partial charge in [-0.2, -0.15) is 8.42 Å². The van der Waals surface area contributed by atoms with Gasteiger partial charge in [0.15, 0.2) is 0 Å². The second-order valence-electron chi connectivity index (χ2n) is 0.448. The summed E-state index contributed by atoms with van der Waals surface area (Å²) in [5.74, 6) is 0. The van der Waals surface area contributed by atoms with Crippen LogP contribution >= 0.6 is 0 Å². The van der Waals surface area contributed by atoms with Crippen LogP contribution in [0.2, 0.25) is 0 Å². The Morgan fingerprint density at radius 1 is 1.22 bits per heavy atom. The van der Waals surface area contributed by atoms with E-state index < -0.39 is 10.4 Å². The van der Waals surface area contributed by atoms with E-state index in [1.165, 1.54) is 0 Å². The van der Waals surface area contributed by atoms with E-state index >= 15 is 0 Å². The van der Waals surface area contributed by atoms with Crippen molar-refractivity contribution in [2.24, 2.45) is 0 Å². The Kier molecular flexibility index (Phi) is 30.3. The Bertz CT molecular complexity index is 103. The van der Waals surface area contributed by atoms with E-state index in [1.807, 2.05) is 13.8 Å². The van der Waals surface area contributed by atoms with Crippen molar-refractivity contribution in [3.8, 4) is 0 Å². The Morgan fingerprint density at radius 2 is 1.22 bits per heavy atom. The second kappa shape index (κ2) is 12.2. The minimum absolute atomic E-state index is 0. The first-order chi connectivity index (χ1) is 3.00. The molecule has 0 unspecified atom stereocenters. The Morgan fingerprint density at radius 3 is 1.22 bits per heavy atom. The molecule has 0 aromatic rings. The Hall–Kier alpha value is 1.47. The van der Waals surface area contributed by atoms with Crippen LogP contribution in [-0.4, -0.2) is 23.0 Å². The molecule has 0 atom stereocenters. The predicted octanol–water partition coefficient (Wildman–Crippen LogP) is -3.33. The largest absolute Gasteiger partial charge is 1.00 e. The van der Waals surface area contributed by atoms with Crippen molar-refractivity contribution in [1.82, 2.24) is 0 Å². The summed E-state index contributed by atoms with van der Waals surface area (Å²) in [6.07, 6.45) is 0. The molecule has 0 aliphatic heterocycles. The van der Waals surface area contributed by atoms with E-state index in [0.717, 1.165) is 0 Å². The summed E-state index contributed by atoms with van der Waals surface area (Å²) in [5.41, 5.74) is 0. The molecular weight excluding hydrogens is 175 g/mol. The molecule has 5 nitrogen and oxygen atoms in total. The summed E-state index contributed by atoms with van der Waals surface area (Å²) in [6.45, 7) is 4.00. The quantitative estimate of drug-likeness (QED) is 0.305. The molecule has 0 spiro atoms. The zero-order chi connectivity index (χ0) is 6.50. The van der Waals surface area contributed by atoms with Crippen molar-refractivity contribution in [3.63, 3.8) is 0 Å². The van der Waals surface area contributed by atoms with Gasteiger partial charge >= 0.3 is 61.8 Å². The monoisotopic (exact) mass is 186 g/mol. The molecule has 0 aliphatic rings. The van der Waals surface area contributed by atoms with Gasteiger partial charge in [-0.3, -0.25) is 9.11 Å². The third-order valence-electron chi connectivity index (χ3n) is 0. The molecule has 0 heterocycles. The number of hydrogen-bond acceptors (Lipinski definition) is 2. The third kappa shape index (κ3) is 245. The fourth-order valence-electron chi connectivity index (χ4n) is 0. The summed E-state index contributed by atoms with van der Waals surface area (Å²) < 4.78 is 31.6. The first-order valence-electron chi connectivity index (χ1n) is 1.70. The SMILES string of the molecule is CC.O.O=S(=O)(O)O.[H-].[K+]. The zero-order valence-electron chi connectivity index (χ0n) is 6.62. The topological polar surface area (TPSA) is 106 Å². The minimum atomic E-state index is -4.67. The maximum Gasteiger partial charge on any atom is 1.00 e. The molecule has 0 fully saturated rings. The van der Waals surface area contributed by atoms with Crippen molar-refractivity contribution >= 4 is 10.4 Å². The average molecular weight is 186 g/mol. The van der Waals surface area contributed by atoms with Gasteiger partial charge in [0.2, 0.25) is 0 Å². The van der Waals surface area contributed by atoms with Crippen LogP contribution in [0.1, 0.15) is 15.3 Å². The van der Waals surface area contributed by atoms with Gasteiger partial charge in [0, 0.05) is 0 Å². The van der Waals surface area contributed by atoms with E-state index in [0.29, 0.717) is 0 Å². The number of rotatable bonds is 0. The van der Waals surface area contributed by atoms with Gasteiger partial charge in [0.05, 0.1) is 0 Å². The molecule has 0 rings (SSSR count). The molecule has 4 N–H and O–H groups in total. The van der Waals surface area contributed by atoms with Crippen LogP contribution < -0.4 is 51.4 Å². The maximum atomic E-state index is 8.74. The predicted molar refractivity (Wildman–Crippen MR) is 30.3 cm³/mol. The molecule has 0 radical (unpaired) electrons. The summed E-state index contributed by atoms with van der Waals surface area (Å²) in [5, 5.41) is 0. The summed E-state index contributed by atoms with van der Waals surface area (Å²) in [7, 11) is -4.67. The molecular formula is C2H11KO5S. The van der Waals surface area contributed by atoms with E-state index in [4.69, 9.17) is 17.5 Å².